The van der Waals surface area contributed by atoms with Gasteiger partial charge in [-0.2, -0.15) is 0 Å². The summed E-state index contributed by atoms with van der Waals surface area (Å²) in [4.78, 5) is 26.3. The second-order valence-electron chi connectivity index (χ2n) is 6.87. The van der Waals surface area contributed by atoms with E-state index in [1.54, 1.807) is 29.5 Å². The summed E-state index contributed by atoms with van der Waals surface area (Å²) in [6.45, 7) is 4.03. The van der Waals surface area contributed by atoms with Crippen molar-refractivity contribution < 1.29 is 22.7 Å². The van der Waals surface area contributed by atoms with Crippen molar-refractivity contribution in [1.82, 2.24) is 4.57 Å². The van der Waals surface area contributed by atoms with Crippen molar-refractivity contribution in [2.45, 2.75) is 20.4 Å². The monoisotopic (exact) mass is 446 g/mol. The van der Waals surface area contributed by atoms with Gasteiger partial charge in [-0.05, 0) is 43.5 Å². The molecule has 0 bridgehead atoms. The lowest BCUT2D eigenvalue weighted by Gasteiger charge is -2.10. The first-order valence-corrected chi connectivity index (χ1v) is 11.9. The minimum absolute atomic E-state index is 0.0406. The smallest absolute Gasteiger partial charge is 0.340 e. The molecule has 0 unspecified atom stereocenters. The highest BCUT2D eigenvalue weighted by Crippen LogP contribution is 2.21. The second kappa shape index (κ2) is 8.85. The van der Waals surface area contributed by atoms with Crippen molar-refractivity contribution in [3.05, 3.63) is 75.2 Å². The number of carbonyl (C=O) groups is 2. The number of hydrogen-bond donors (Lipinski definition) is 1. The highest BCUT2D eigenvalue weighted by molar-refractivity contribution is 7.92. The molecule has 2 heterocycles. The Balaban J connectivity index is 1.72. The van der Waals surface area contributed by atoms with Gasteiger partial charge in [0, 0.05) is 21.8 Å². The van der Waals surface area contributed by atoms with Crippen LogP contribution in [-0.4, -0.2) is 37.6 Å². The molecule has 0 radical (unpaired) electrons. The summed E-state index contributed by atoms with van der Waals surface area (Å²) in [7, 11) is -3.56. The van der Waals surface area contributed by atoms with Crippen LogP contribution in [0.3, 0.4) is 0 Å². The molecule has 0 aliphatic heterocycles. The SMILES string of the molecule is Cc1cc(C(=O)COC(=O)c2ccccc2NS(C)(=O)=O)c(C)n1Cc1cccs1. The van der Waals surface area contributed by atoms with Crippen LogP contribution < -0.4 is 4.72 Å². The number of anilines is 1. The second-order valence-corrected chi connectivity index (χ2v) is 9.65. The van der Waals surface area contributed by atoms with Gasteiger partial charge in [0.1, 0.15) is 0 Å². The number of nitrogens with one attached hydrogen (secondary N) is 1. The minimum Gasteiger partial charge on any atom is -0.454 e. The van der Waals surface area contributed by atoms with Gasteiger partial charge >= 0.3 is 5.97 Å². The van der Waals surface area contributed by atoms with Crippen LogP contribution in [0.15, 0.2) is 47.8 Å². The lowest BCUT2D eigenvalue weighted by atomic mass is 10.1. The third-order valence-electron chi connectivity index (χ3n) is 4.54. The molecule has 1 aromatic carbocycles. The van der Waals surface area contributed by atoms with Crippen molar-refractivity contribution in [3.63, 3.8) is 0 Å². The summed E-state index contributed by atoms with van der Waals surface area (Å²) in [5.74, 6) is -1.09. The molecular weight excluding hydrogens is 424 g/mol. The van der Waals surface area contributed by atoms with Crippen LogP contribution >= 0.6 is 11.3 Å². The number of carbonyl (C=O) groups excluding carboxylic acids is 2. The van der Waals surface area contributed by atoms with Crippen molar-refractivity contribution in [2.75, 3.05) is 17.6 Å². The fraction of sp³-hybridized carbons (Fsp3) is 0.238. The molecule has 0 saturated carbocycles. The van der Waals surface area contributed by atoms with Gasteiger partial charge < -0.3 is 9.30 Å². The molecule has 3 aromatic rings. The number of Topliss-reactive ketones (excluding diaryl/α,β-unsaturated/α-hetero) is 1. The third kappa shape index (κ3) is 5.17. The normalized spacial score (nSPS) is 11.3. The van der Waals surface area contributed by atoms with E-state index in [-0.39, 0.29) is 17.0 Å². The van der Waals surface area contributed by atoms with Gasteiger partial charge in [0.15, 0.2) is 6.61 Å². The number of para-hydroxylation sites is 1. The highest BCUT2D eigenvalue weighted by atomic mass is 32.2. The highest BCUT2D eigenvalue weighted by Gasteiger charge is 2.20. The number of rotatable bonds is 8. The van der Waals surface area contributed by atoms with Crippen LogP contribution in [0.25, 0.3) is 0 Å². The lowest BCUT2D eigenvalue weighted by molar-refractivity contribution is 0.0475. The standard InChI is InChI=1S/C21H22N2O5S2/c1-14-11-18(15(2)23(14)12-16-7-6-10-29-16)20(24)13-28-21(25)17-8-4-5-9-19(17)22-30(3,26)27/h4-11,22H,12-13H2,1-3H3. The molecule has 0 fully saturated rings. The van der Waals surface area contributed by atoms with Crippen molar-refractivity contribution in [3.8, 4) is 0 Å². The fourth-order valence-corrected chi connectivity index (χ4v) is 4.39. The summed E-state index contributed by atoms with van der Waals surface area (Å²) in [6, 6.07) is 11.9. The summed E-state index contributed by atoms with van der Waals surface area (Å²) in [6.07, 6.45) is 0.991. The van der Waals surface area contributed by atoms with Crippen molar-refractivity contribution in [1.29, 1.82) is 0 Å². The zero-order valence-electron chi connectivity index (χ0n) is 16.8. The van der Waals surface area contributed by atoms with E-state index in [9.17, 15) is 18.0 Å². The average molecular weight is 447 g/mol. The predicted molar refractivity (Wildman–Crippen MR) is 117 cm³/mol. The van der Waals surface area contributed by atoms with Gasteiger partial charge in [-0.3, -0.25) is 9.52 Å². The number of ether oxygens (including phenoxy) is 1. The van der Waals surface area contributed by atoms with E-state index in [0.29, 0.717) is 12.1 Å². The minimum atomic E-state index is -3.56. The van der Waals surface area contributed by atoms with Crippen LogP contribution in [0, 0.1) is 13.8 Å². The Kier molecular flexibility index (Phi) is 6.42. The Labute approximate surface area is 179 Å². The first kappa shape index (κ1) is 21.8. The molecule has 0 amide bonds. The number of hydrogen-bond acceptors (Lipinski definition) is 6. The lowest BCUT2D eigenvalue weighted by Crippen LogP contribution is -2.18. The molecule has 0 spiro atoms. The number of thiophene rings is 1. The first-order valence-electron chi connectivity index (χ1n) is 9.12. The van der Waals surface area contributed by atoms with E-state index >= 15 is 0 Å². The van der Waals surface area contributed by atoms with E-state index in [0.717, 1.165) is 17.6 Å². The Morgan fingerprint density at radius 3 is 2.50 bits per heavy atom. The van der Waals surface area contributed by atoms with Gasteiger partial charge in [0.2, 0.25) is 15.8 Å². The van der Waals surface area contributed by atoms with Crippen molar-refractivity contribution in [2.24, 2.45) is 0 Å². The molecule has 2 aromatic heterocycles. The molecule has 30 heavy (non-hydrogen) atoms. The maximum atomic E-state index is 12.7. The Morgan fingerprint density at radius 1 is 1.10 bits per heavy atom. The zero-order valence-corrected chi connectivity index (χ0v) is 18.5. The molecule has 0 saturated heterocycles. The molecule has 0 atom stereocenters. The summed E-state index contributed by atoms with van der Waals surface area (Å²) in [5, 5.41) is 2.01. The van der Waals surface area contributed by atoms with Crippen LogP contribution in [0.4, 0.5) is 5.69 Å². The van der Waals surface area contributed by atoms with Gasteiger partial charge in [0.25, 0.3) is 0 Å². The maximum absolute atomic E-state index is 12.7. The first-order chi connectivity index (χ1) is 14.2. The van der Waals surface area contributed by atoms with Gasteiger partial charge in [-0.25, -0.2) is 13.2 Å². The number of aryl methyl sites for hydroxylation is 1. The number of benzene rings is 1. The summed E-state index contributed by atoms with van der Waals surface area (Å²) < 4.78 is 32.5. The Morgan fingerprint density at radius 2 is 1.83 bits per heavy atom. The molecule has 0 aliphatic carbocycles. The zero-order chi connectivity index (χ0) is 21.9. The maximum Gasteiger partial charge on any atom is 0.340 e. The van der Waals surface area contributed by atoms with E-state index in [1.165, 1.54) is 17.0 Å². The van der Waals surface area contributed by atoms with Crippen LogP contribution in [0.5, 0.6) is 0 Å². The molecule has 0 aliphatic rings. The van der Waals surface area contributed by atoms with Crippen LogP contribution in [0.1, 0.15) is 37.0 Å². The van der Waals surface area contributed by atoms with E-state index < -0.39 is 22.6 Å². The van der Waals surface area contributed by atoms with E-state index in [2.05, 4.69) is 4.72 Å². The van der Waals surface area contributed by atoms with Gasteiger partial charge in [-0.1, -0.05) is 18.2 Å². The van der Waals surface area contributed by atoms with E-state index in [1.807, 2.05) is 35.9 Å². The Bertz CT molecular complexity index is 1180. The van der Waals surface area contributed by atoms with Gasteiger partial charge in [-0.15, -0.1) is 11.3 Å². The third-order valence-corrected chi connectivity index (χ3v) is 6.00. The summed E-state index contributed by atoms with van der Waals surface area (Å²) in [5.41, 5.74) is 2.39. The number of aromatic nitrogens is 1. The summed E-state index contributed by atoms with van der Waals surface area (Å²) >= 11 is 1.65. The number of ketones is 1. The van der Waals surface area contributed by atoms with Crippen LogP contribution in [0.2, 0.25) is 0 Å². The van der Waals surface area contributed by atoms with E-state index in [4.69, 9.17) is 4.74 Å². The largest absolute Gasteiger partial charge is 0.454 e. The number of sulfonamides is 1. The fourth-order valence-electron chi connectivity index (χ4n) is 3.12. The predicted octanol–water partition coefficient (Wildman–Crippen LogP) is 3.63. The molecular formula is C21H22N2O5S2. The van der Waals surface area contributed by atoms with Gasteiger partial charge in [0.05, 0.1) is 24.1 Å². The molecule has 9 heteroatoms. The van der Waals surface area contributed by atoms with Crippen molar-refractivity contribution >= 4 is 38.8 Å². The molecule has 7 nitrogen and oxygen atoms in total. The number of esters is 1. The quantitative estimate of drug-likeness (QED) is 0.421. The average Bonchev–Trinajstić information content (AvgIpc) is 3.29. The molecule has 3 rings (SSSR count). The molecule has 1 N–H and O–H groups in total. The topological polar surface area (TPSA) is 94.5 Å². The molecule has 158 valence electrons. The van der Waals surface area contributed by atoms with Crippen LogP contribution in [-0.2, 0) is 21.3 Å². The number of nitrogens with zero attached hydrogens (tertiary/aromatic N) is 1. The Hall–Kier alpha value is -2.91.